The molecule has 0 heterocycles. The van der Waals surface area contributed by atoms with Gasteiger partial charge in [-0.2, -0.15) is 0 Å². The van der Waals surface area contributed by atoms with Crippen molar-refractivity contribution in [1.29, 1.82) is 0 Å². The van der Waals surface area contributed by atoms with Gasteiger partial charge in [0.1, 0.15) is 5.75 Å². The number of benzene rings is 1. The van der Waals surface area contributed by atoms with E-state index < -0.39 is 6.10 Å². The number of nitrogens with one attached hydrogen (secondary N) is 1. The topological polar surface area (TPSA) is 64.3 Å². The molecule has 1 aromatic carbocycles. The van der Waals surface area contributed by atoms with E-state index in [2.05, 4.69) is 19.2 Å². The maximum Gasteiger partial charge on any atom is 0.261 e. The molecule has 1 saturated carbocycles. The Morgan fingerprint density at radius 1 is 1.36 bits per heavy atom. The van der Waals surface area contributed by atoms with Crippen LogP contribution in [0.3, 0.4) is 0 Å². The molecule has 0 radical (unpaired) electrons. The molecule has 1 aliphatic carbocycles. The zero-order valence-corrected chi connectivity index (χ0v) is 13.8. The first-order valence-corrected chi connectivity index (χ1v) is 8.31. The second-order valence-electron chi connectivity index (χ2n) is 6.45. The van der Waals surface area contributed by atoms with Crippen molar-refractivity contribution in [3.05, 3.63) is 29.8 Å². The van der Waals surface area contributed by atoms with E-state index in [1.54, 1.807) is 0 Å². The number of nitrogens with two attached hydrogens (primary N) is 1. The summed E-state index contributed by atoms with van der Waals surface area (Å²) in [6.45, 7) is 6.74. The van der Waals surface area contributed by atoms with Crippen LogP contribution in [0.15, 0.2) is 24.3 Å². The van der Waals surface area contributed by atoms with Gasteiger partial charge in [-0.3, -0.25) is 4.79 Å². The molecule has 3 N–H and O–H groups in total. The van der Waals surface area contributed by atoms with Gasteiger partial charge in [-0.25, -0.2) is 0 Å². The van der Waals surface area contributed by atoms with E-state index in [1.807, 2.05) is 31.2 Å². The average Bonchev–Trinajstić information content (AvgIpc) is 3.35. The van der Waals surface area contributed by atoms with Crippen molar-refractivity contribution in [2.75, 3.05) is 6.54 Å². The van der Waals surface area contributed by atoms with Gasteiger partial charge in [0.2, 0.25) is 0 Å². The van der Waals surface area contributed by atoms with E-state index >= 15 is 0 Å². The van der Waals surface area contributed by atoms with Gasteiger partial charge < -0.3 is 15.8 Å². The summed E-state index contributed by atoms with van der Waals surface area (Å²) in [6.07, 6.45) is 2.54. The summed E-state index contributed by atoms with van der Waals surface area (Å²) in [5.74, 6) is 1.67. The second kappa shape index (κ2) is 7.63. The van der Waals surface area contributed by atoms with Gasteiger partial charge in [-0.05, 0) is 42.7 Å². The average molecular weight is 304 g/mol. The normalized spacial score (nSPS) is 17.1. The molecule has 1 aliphatic rings. The Bertz CT molecular complexity index is 498. The fraction of sp³-hybridized carbons (Fsp3) is 0.611. The zero-order chi connectivity index (χ0) is 16.1. The molecule has 4 heteroatoms. The molecule has 22 heavy (non-hydrogen) atoms. The number of carbonyl (C=O) groups excluding carboxylic acids is 1. The van der Waals surface area contributed by atoms with E-state index in [0.29, 0.717) is 24.8 Å². The van der Waals surface area contributed by atoms with Crippen molar-refractivity contribution in [3.8, 4) is 5.75 Å². The molecule has 0 aliphatic heterocycles. The summed E-state index contributed by atoms with van der Waals surface area (Å²) in [7, 11) is 0. The number of hydrogen-bond donors (Lipinski definition) is 2. The quantitative estimate of drug-likeness (QED) is 0.776. The first-order chi connectivity index (χ1) is 10.5. The van der Waals surface area contributed by atoms with Gasteiger partial charge >= 0.3 is 0 Å². The summed E-state index contributed by atoms with van der Waals surface area (Å²) in [5, 5.41) is 2.93. The first-order valence-electron chi connectivity index (χ1n) is 8.31. The molecule has 0 saturated heterocycles. The van der Waals surface area contributed by atoms with Crippen LogP contribution in [-0.4, -0.2) is 24.6 Å². The summed E-state index contributed by atoms with van der Waals surface area (Å²) in [4.78, 5) is 12.3. The minimum atomic E-state index is -0.466. The third kappa shape index (κ3) is 4.47. The molecular weight excluding hydrogens is 276 g/mol. The van der Waals surface area contributed by atoms with Gasteiger partial charge in [-0.15, -0.1) is 0 Å². The maximum atomic E-state index is 12.3. The van der Waals surface area contributed by atoms with Crippen LogP contribution in [0.1, 0.15) is 51.5 Å². The van der Waals surface area contributed by atoms with Crippen LogP contribution in [0.4, 0.5) is 0 Å². The third-order valence-corrected chi connectivity index (χ3v) is 4.21. The fourth-order valence-electron chi connectivity index (χ4n) is 2.56. The number of ether oxygens (including phenoxy) is 1. The largest absolute Gasteiger partial charge is 0.480 e. The van der Waals surface area contributed by atoms with Crippen molar-refractivity contribution >= 4 is 5.91 Å². The number of hydrogen-bond acceptors (Lipinski definition) is 3. The zero-order valence-electron chi connectivity index (χ0n) is 13.8. The van der Waals surface area contributed by atoms with Crippen molar-refractivity contribution in [2.24, 2.45) is 11.7 Å². The van der Waals surface area contributed by atoms with Crippen molar-refractivity contribution in [2.45, 2.75) is 58.1 Å². The molecular formula is C18H28N2O2. The maximum absolute atomic E-state index is 12.3. The molecule has 2 unspecified atom stereocenters. The standard InChI is InChI=1S/C18H28N2O2/c1-4-16(18(21)20-11-15(19)13-9-10-13)22-17-8-6-5-7-14(17)12(2)3/h5-8,12-13,15-16H,4,9-11,19H2,1-3H3,(H,20,21). The Labute approximate surface area is 133 Å². The Morgan fingerprint density at radius 2 is 2.05 bits per heavy atom. The van der Waals surface area contributed by atoms with Gasteiger partial charge in [0.15, 0.2) is 6.10 Å². The summed E-state index contributed by atoms with van der Waals surface area (Å²) >= 11 is 0. The highest BCUT2D eigenvalue weighted by Gasteiger charge is 2.29. The minimum Gasteiger partial charge on any atom is -0.480 e. The summed E-state index contributed by atoms with van der Waals surface area (Å²) in [6, 6.07) is 7.99. The van der Waals surface area contributed by atoms with Gasteiger partial charge in [-0.1, -0.05) is 39.0 Å². The molecule has 2 rings (SSSR count). The lowest BCUT2D eigenvalue weighted by Gasteiger charge is -2.21. The van der Waals surface area contributed by atoms with Crippen LogP contribution < -0.4 is 15.8 Å². The Balaban J connectivity index is 1.94. The highest BCUT2D eigenvalue weighted by molar-refractivity contribution is 5.81. The monoisotopic (exact) mass is 304 g/mol. The molecule has 2 atom stereocenters. The third-order valence-electron chi connectivity index (χ3n) is 4.21. The molecule has 122 valence electrons. The van der Waals surface area contributed by atoms with Crippen LogP contribution in [0, 0.1) is 5.92 Å². The van der Waals surface area contributed by atoms with Gasteiger partial charge in [0.05, 0.1) is 0 Å². The molecule has 0 bridgehead atoms. The van der Waals surface area contributed by atoms with E-state index in [-0.39, 0.29) is 11.9 Å². The van der Waals surface area contributed by atoms with Crippen molar-refractivity contribution in [3.63, 3.8) is 0 Å². The van der Waals surface area contributed by atoms with Crippen LogP contribution in [0.2, 0.25) is 0 Å². The van der Waals surface area contributed by atoms with E-state index in [9.17, 15) is 4.79 Å². The lowest BCUT2D eigenvalue weighted by molar-refractivity contribution is -0.128. The molecule has 0 aromatic heterocycles. The predicted octanol–water partition coefficient (Wildman–Crippen LogP) is 2.82. The summed E-state index contributed by atoms with van der Waals surface area (Å²) in [5.41, 5.74) is 7.16. The Hall–Kier alpha value is -1.55. The molecule has 4 nitrogen and oxygen atoms in total. The number of carbonyl (C=O) groups is 1. The fourth-order valence-corrected chi connectivity index (χ4v) is 2.56. The number of rotatable bonds is 8. The highest BCUT2D eigenvalue weighted by atomic mass is 16.5. The van der Waals surface area contributed by atoms with E-state index in [0.717, 1.165) is 11.3 Å². The second-order valence-corrected chi connectivity index (χ2v) is 6.45. The SMILES string of the molecule is CCC(Oc1ccccc1C(C)C)C(=O)NCC(N)C1CC1. The van der Waals surface area contributed by atoms with Gasteiger partial charge in [0.25, 0.3) is 5.91 Å². The number of para-hydroxylation sites is 1. The molecule has 1 amide bonds. The van der Waals surface area contributed by atoms with Crippen LogP contribution in [0.25, 0.3) is 0 Å². The van der Waals surface area contributed by atoms with Crippen molar-refractivity contribution in [1.82, 2.24) is 5.32 Å². The van der Waals surface area contributed by atoms with E-state index in [1.165, 1.54) is 12.8 Å². The lowest BCUT2D eigenvalue weighted by atomic mass is 10.0. The van der Waals surface area contributed by atoms with Crippen molar-refractivity contribution < 1.29 is 9.53 Å². The Kier molecular flexibility index (Phi) is 5.83. The predicted molar refractivity (Wildman–Crippen MR) is 88.9 cm³/mol. The number of amides is 1. The molecule has 0 spiro atoms. The molecule has 1 aromatic rings. The lowest BCUT2D eigenvalue weighted by Crippen LogP contribution is -2.44. The summed E-state index contributed by atoms with van der Waals surface area (Å²) < 4.78 is 5.97. The van der Waals surface area contributed by atoms with Crippen LogP contribution >= 0.6 is 0 Å². The van der Waals surface area contributed by atoms with Gasteiger partial charge in [0, 0.05) is 12.6 Å². The Morgan fingerprint density at radius 3 is 2.64 bits per heavy atom. The minimum absolute atomic E-state index is 0.0721. The van der Waals surface area contributed by atoms with Crippen LogP contribution in [-0.2, 0) is 4.79 Å². The molecule has 1 fully saturated rings. The highest BCUT2D eigenvalue weighted by Crippen LogP contribution is 2.31. The smallest absolute Gasteiger partial charge is 0.261 e. The van der Waals surface area contributed by atoms with Crippen LogP contribution in [0.5, 0.6) is 5.75 Å². The first kappa shape index (κ1) is 16.8. The van der Waals surface area contributed by atoms with E-state index in [4.69, 9.17) is 10.5 Å².